The second-order valence-corrected chi connectivity index (χ2v) is 9.03. The summed E-state index contributed by atoms with van der Waals surface area (Å²) in [5, 5.41) is 5.68. The Bertz CT molecular complexity index is 990. The third-order valence-electron chi connectivity index (χ3n) is 6.23. The summed E-state index contributed by atoms with van der Waals surface area (Å²) in [7, 11) is 0. The number of hydrogen-bond acceptors (Lipinski definition) is 4. The summed E-state index contributed by atoms with van der Waals surface area (Å²) in [5.74, 6) is -0.302. The molecule has 0 bridgehead atoms. The van der Waals surface area contributed by atoms with Crippen LogP contribution in [0, 0.1) is 0 Å². The van der Waals surface area contributed by atoms with E-state index in [1.54, 1.807) is 0 Å². The lowest BCUT2D eigenvalue weighted by molar-refractivity contribution is -0.135. The monoisotopic (exact) mass is 434 g/mol. The minimum atomic E-state index is -0.955. The van der Waals surface area contributed by atoms with Crippen molar-refractivity contribution in [3.63, 3.8) is 0 Å². The highest BCUT2D eigenvalue weighted by atomic mass is 16.2. The summed E-state index contributed by atoms with van der Waals surface area (Å²) in [6, 6.07) is 17.2. The molecule has 0 saturated carbocycles. The van der Waals surface area contributed by atoms with Crippen LogP contribution in [-0.2, 0) is 16.1 Å². The molecule has 2 aliphatic heterocycles. The van der Waals surface area contributed by atoms with E-state index < -0.39 is 11.6 Å². The van der Waals surface area contributed by atoms with Gasteiger partial charge in [-0.1, -0.05) is 56.3 Å². The first-order valence-corrected chi connectivity index (χ1v) is 11.2. The van der Waals surface area contributed by atoms with E-state index in [2.05, 4.69) is 41.5 Å². The second-order valence-electron chi connectivity index (χ2n) is 9.03. The molecule has 2 aromatic rings. The molecule has 1 unspecified atom stereocenters. The topological polar surface area (TPSA) is 81.8 Å². The van der Waals surface area contributed by atoms with Crippen LogP contribution in [0.15, 0.2) is 54.6 Å². The van der Waals surface area contributed by atoms with Gasteiger partial charge in [-0.2, -0.15) is 0 Å². The van der Waals surface area contributed by atoms with Gasteiger partial charge in [0, 0.05) is 18.8 Å². The molecule has 2 saturated heterocycles. The average Bonchev–Trinajstić information content (AvgIpc) is 2.98. The normalized spacial score (nSPS) is 21.3. The molecule has 4 amide bonds. The van der Waals surface area contributed by atoms with Gasteiger partial charge in [-0.05, 0) is 48.6 Å². The smallest absolute Gasteiger partial charge is 0.325 e. The molecule has 1 spiro atoms. The van der Waals surface area contributed by atoms with Gasteiger partial charge in [0.05, 0.1) is 0 Å². The molecule has 2 aromatic carbocycles. The zero-order chi connectivity index (χ0) is 22.7. The van der Waals surface area contributed by atoms with E-state index in [0.717, 1.165) is 24.4 Å². The molecule has 0 aliphatic carbocycles. The number of nitrogens with one attached hydrogen (secondary N) is 2. The predicted octanol–water partition coefficient (Wildman–Crippen LogP) is 3.34. The fraction of sp³-hybridized carbons (Fsp3) is 0.400. The fourth-order valence-corrected chi connectivity index (χ4v) is 4.51. The van der Waals surface area contributed by atoms with Crippen molar-refractivity contribution in [1.29, 1.82) is 0 Å². The highest BCUT2D eigenvalue weighted by molar-refractivity contribution is 6.10. The third kappa shape index (κ3) is 4.67. The summed E-state index contributed by atoms with van der Waals surface area (Å²) >= 11 is 0. The molecule has 2 aliphatic rings. The highest BCUT2D eigenvalue weighted by Crippen LogP contribution is 2.29. The Morgan fingerprint density at radius 1 is 1.09 bits per heavy atom. The van der Waals surface area contributed by atoms with Crippen LogP contribution >= 0.6 is 0 Å². The highest BCUT2D eigenvalue weighted by Gasteiger charge is 2.53. The fourth-order valence-electron chi connectivity index (χ4n) is 4.51. The van der Waals surface area contributed by atoms with Crippen LogP contribution in [0.1, 0.15) is 43.7 Å². The Kier molecular flexibility index (Phi) is 6.28. The zero-order valence-electron chi connectivity index (χ0n) is 18.6. The molecule has 32 heavy (non-hydrogen) atoms. The summed E-state index contributed by atoms with van der Waals surface area (Å²) in [6.07, 6.45) is 1.39. The van der Waals surface area contributed by atoms with Crippen molar-refractivity contribution >= 4 is 23.5 Å². The maximum atomic E-state index is 13.2. The maximum absolute atomic E-state index is 13.2. The molecule has 0 aromatic heterocycles. The summed E-state index contributed by atoms with van der Waals surface area (Å²) in [4.78, 5) is 41.7. The van der Waals surface area contributed by atoms with Crippen molar-refractivity contribution < 1.29 is 14.4 Å². The first-order chi connectivity index (χ1) is 15.4. The van der Waals surface area contributed by atoms with Crippen LogP contribution < -0.4 is 10.6 Å². The first kappa shape index (κ1) is 22.0. The standard InChI is InChI=1S/C25H30N4O3/c1-18(2)20-9-11-21(12-10-20)26-22(30)16-29-23(31)25(27-24(29)32)13-6-14-28(17-25)15-19-7-4-3-5-8-19/h3-5,7-12,18H,6,13-17H2,1-2H3,(H,26,30)(H,27,32). The van der Waals surface area contributed by atoms with Gasteiger partial charge < -0.3 is 10.6 Å². The number of amides is 4. The summed E-state index contributed by atoms with van der Waals surface area (Å²) in [5.41, 5.74) is 2.04. The molecule has 7 nitrogen and oxygen atoms in total. The van der Waals surface area contributed by atoms with Crippen molar-refractivity contribution in [1.82, 2.24) is 15.1 Å². The number of anilines is 1. The lowest BCUT2D eigenvalue weighted by Gasteiger charge is -2.38. The van der Waals surface area contributed by atoms with Gasteiger partial charge in [-0.3, -0.25) is 19.4 Å². The van der Waals surface area contributed by atoms with Gasteiger partial charge >= 0.3 is 6.03 Å². The number of hydrogen-bond donors (Lipinski definition) is 2. The zero-order valence-corrected chi connectivity index (χ0v) is 18.6. The van der Waals surface area contributed by atoms with E-state index >= 15 is 0 Å². The molecular formula is C25H30N4O3. The Morgan fingerprint density at radius 3 is 2.50 bits per heavy atom. The Balaban J connectivity index is 1.39. The van der Waals surface area contributed by atoms with E-state index in [1.807, 2.05) is 42.5 Å². The lowest BCUT2D eigenvalue weighted by Crippen LogP contribution is -2.58. The van der Waals surface area contributed by atoms with Crippen LogP contribution in [0.2, 0.25) is 0 Å². The summed E-state index contributed by atoms with van der Waals surface area (Å²) in [6.45, 7) is 5.95. The molecule has 2 N–H and O–H groups in total. The number of piperidine rings is 1. The Hall–Kier alpha value is -3.19. The number of benzene rings is 2. The minimum Gasteiger partial charge on any atom is -0.325 e. The molecule has 4 rings (SSSR count). The van der Waals surface area contributed by atoms with Crippen LogP contribution in [0.4, 0.5) is 10.5 Å². The number of urea groups is 1. The van der Waals surface area contributed by atoms with Crippen molar-refractivity contribution in [2.75, 3.05) is 25.0 Å². The quantitative estimate of drug-likeness (QED) is 0.684. The van der Waals surface area contributed by atoms with Crippen molar-refractivity contribution in [2.45, 2.75) is 44.7 Å². The van der Waals surface area contributed by atoms with E-state index in [4.69, 9.17) is 0 Å². The van der Waals surface area contributed by atoms with Crippen LogP contribution in [-0.4, -0.2) is 52.8 Å². The molecule has 2 heterocycles. The van der Waals surface area contributed by atoms with E-state index in [9.17, 15) is 14.4 Å². The van der Waals surface area contributed by atoms with Gasteiger partial charge in [-0.25, -0.2) is 4.79 Å². The van der Waals surface area contributed by atoms with Gasteiger partial charge in [-0.15, -0.1) is 0 Å². The largest absolute Gasteiger partial charge is 0.325 e. The molecule has 0 radical (unpaired) electrons. The van der Waals surface area contributed by atoms with Crippen LogP contribution in [0.5, 0.6) is 0 Å². The van der Waals surface area contributed by atoms with Crippen LogP contribution in [0.25, 0.3) is 0 Å². The van der Waals surface area contributed by atoms with Gasteiger partial charge in [0.1, 0.15) is 12.1 Å². The maximum Gasteiger partial charge on any atom is 0.325 e. The van der Waals surface area contributed by atoms with Crippen LogP contribution in [0.3, 0.4) is 0 Å². The van der Waals surface area contributed by atoms with Crippen molar-refractivity contribution in [3.8, 4) is 0 Å². The number of carbonyl (C=O) groups is 3. The van der Waals surface area contributed by atoms with Gasteiger partial charge in [0.15, 0.2) is 0 Å². The number of imide groups is 1. The summed E-state index contributed by atoms with van der Waals surface area (Å²) < 4.78 is 0. The van der Waals surface area contributed by atoms with E-state index in [1.165, 1.54) is 11.1 Å². The number of nitrogens with zero attached hydrogens (tertiary/aromatic N) is 2. The lowest BCUT2D eigenvalue weighted by atomic mass is 9.88. The first-order valence-electron chi connectivity index (χ1n) is 11.2. The molecular weight excluding hydrogens is 404 g/mol. The third-order valence-corrected chi connectivity index (χ3v) is 6.23. The molecule has 1 atom stereocenters. The number of carbonyl (C=O) groups excluding carboxylic acids is 3. The Morgan fingerprint density at radius 2 is 1.81 bits per heavy atom. The predicted molar refractivity (Wildman–Crippen MR) is 123 cm³/mol. The van der Waals surface area contributed by atoms with E-state index in [0.29, 0.717) is 24.6 Å². The SMILES string of the molecule is CC(C)c1ccc(NC(=O)CN2C(=O)NC3(CCCN(Cc4ccccc4)C3)C2=O)cc1. The van der Waals surface area contributed by atoms with E-state index in [-0.39, 0.29) is 18.4 Å². The van der Waals surface area contributed by atoms with Gasteiger partial charge in [0.25, 0.3) is 5.91 Å². The molecule has 2 fully saturated rings. The Labute approximate surface area is 188 Å². The number of rotatable bonds is 6. The average molecular weight is 435 g/mol. The van der Waals surface area contributed by atoms with Crippen molar-refractivity contribution in [3.05, 3.63) is 65.7 Å². The van der Waals surface area contributed by atoms with Crippen molar-refractivity contribution in [2.24, 2.45) is 0 Å². The number of likely N-dealkylation sites (tertiary alicyclic amines) is 1. The van der Waals surface area contributed by atoms with Gasteiger partial charge in [0.2, 0.25) is 5.91 Å². The molecule has 168 valence electrons. The molecule has 7 heteroatoms. The second kappa shape index (κ2) is 9.12. The minimum absolute atomic E-state index is 0.295.